The highest BCUT2D eigenvalue weighted by Crippen LogP contribution is 2.31. The third-order valence-corrected chi connectivity index (χ3v) is 7.40. The average molecular weight is 425 g/mol. The third-order valence-electron chi connectivity index (χ3n) is 5.41. The molecule has 0 aliphatic carbocycles. The van der Waals surface area contributed by atoms with Gasteiger partial charge >= 0.3 is 0 Å². The molecule has 2 N–H and O–H groups in total. The van der Waals surface area contributed by atoms with Crippen molar-refractivity contribution in [2.45, 2.75) is 80.9 Å². The Kier molecular flexibility index (Phi) is 6.07. The molecule has 2 aromatic rings. The van der Waals surface area contributed by atoms with Gasteiger partial charge in [-0.25, -0.2) is 18.5 Å². The van der Waals surface area contributed by atoms with Crippen LogP contribution in [0.2, 0.25) is 0 Å². The molecule has 154 valence electrons. The van der Waals surface area contributed by atoms with Gasteiger partial charge in [-0.3, -0.25) is 4.79 Å². The zero-order valence-corrected chi connectivity index (χ0v) is 18.4. The van der Waals surface area contributed by atoms with Crippen LogP contribution in [-0.2, 0) is 21.4 Å². The van der Waals surface area contributed by atoms with Crippen LogP contribution >= 0.6 is 11.8 Å². The number of aryl methyl sites for hydroxylation is 1. The molecule has 2 heterocycles. The summed E-state index contributed by atoms with van der Waals surface area (Å²) in [4.78, 5) is 19.7. The standard InChI is InChI=1S/C19H28N4O3S2/c1-5-22-17-10-9-15(28(20,25)26)11-16(17)21-19(22)27-14(4)18(24)23-12(2)7-6-8-13(23)3/h9-14H,5-8H2,1-4H3,(H2,20,25,26)/t12-,13-,14+/m0/s1. The maximum absolute atomic E-state index is 13.1. The number of primary sulfonamides is 1. The van der Waals surface area contributed by atoms with Crippen molar-refractivity contribution < 1.29 is 13.2 Å². The van der Waals surface area contributed by atoms with Crippen molar-refractivity contribution in [2.75, 3.05) is 0 Å². The number of likely N-dealkylation sites (tertiary alicyclic amines) is 1. The molecule has 0 spiro atoms. The molecule has 9 heteroatoms. The number of thioether (sulfide) groups is 1. The van der Waals surface area contributed by atoms with Gasteiger partial charge in [0.2, 0.25) is 15.9 Å². The first-order chi connectivity index (χ1) is 13.1. The molecule has 0 saturated carbocycles. The van der Waals surface area contributed by atoms with E-state index in [1.165, 1.54) is 23.9 Å². The minimum atomic E-state index is -3.78. The molecule has 1 aliphatic rings. The van der Waals surface area contributed by atoms with Crippen LogP contribution < -0.4 is 5.14 Å². The van der Waals surface area contributed by atoms with E-state index in [-0.39, 0.29) is 28.1 Å². The second-order valence-corrected chi connectivity index (χ2v) is 10.3. The van der Waals surface area contributed by atoms with E-state index in [0.717, 1.165) is 24.8 Å². The summed E-state index contributed by atoms with van der Waals surface area (Å²) >= 11 is 1.42. The maximum atomic E-state index is 13.1. The summed E-state index contributed by atoms with van der Waals surface area (Å²) in [5, 5.41) is 5.67. The average Bonchev–Trinajstić information content (AvgIpc) is 2.96. The summed E-state index contributed by atoms with van der Waals surface area (Å²) in [6, 6.07) is 5.20. The number of benzene rings is 1. The van der Waals surface area contributed by atoms with Gasteiger partial charge in [0, 0.05) is 18.6 Å². The number of fused-ring (bicyclic) bond motifs is 1. The number of sulfonamides is 1. The van der Waals surface area contributed by atoms with Crippen LogP contribution in [0.15, 0.2) is 28.3 Å². The summed E-state index contributed by atoms with van der Waals surface area (Å²) < 4.78 is 25.3. The first kappa shape index (κ1) is 21.1. The molecule has 7 nitrogen and oxygen atoms in total. The highest BCUT2D eigenvalue weighted by molar-refractivity contribution is 8.00. The van der Waals surface area contributed by atoms with E-state index in [4.69, 9.17) is 5.14 Å². The van der Waals surface area contributed by atoms with Gasteiger partial charge in [-0.1, -0.05) is 11.8 Å². The van der Waals surface area contributed by atoms with Crippen molar-refractivity contribution in [3.05, 3.63) is 18.2 Å². The van der Waals surface area contributed by atoms with E-state index >= 15 is 0 Å². The Morgan fingerprint density at radius 3 is 2.54 bits per heavy atom. The van der Waals surface area contributed by atoms with Crippen LogP contribution in [-0.4, -0.2) is 46.1 Å². The molecule has 3 atom stereocenters. The Bertz CT molecular complexity index is 976. The summed E-state index contributed by atoms with van der Waals surface area (Å²) in [5.41, 5.74) is 1.40. The zero-order chi connectivity index (χ0) is 20.6. The lowest BCUT2D eigenvalue weighted by atomic mass is 9.97. The Labute approximate surface area is 170 Å². The lowest BCUT2D eigenvalue weighted by Gasteiger charge is -2.40. The Hall–Kier alpha value is -1.58. The van der Waals surface area contributed by atoms with Gasteiger partial charge in [0.05, 0.1) is 21.2 Å². The van der Waals surface area contributed by atoms with Crippen LogP contribution in [0.4, 0.5) is 0 Å². The highest BCUT2D eigenvalue weighted by Gasteiger charge is 2.32. The maximum Gasteiger partial charge on any atom is 0.238 e. The number of nitrogens with zero attached hydrogens (tertiary/aromatic N) is 3. The molecular weight excluding hydrogens is 396 g/mol. The van der Waals surface area contributed by atoms with Crippen molar-refractivity contribution in [1.29, 1.82) is 0 Å². The number of carbonyl (C=O) groups is 1. The minimum Gasteiger partial charge on any atom is -0.336 e. The molecule has 28 heavy (non-hydrogen) atoms. The van der Waals surface area contributed by atoms with Gasteiger partial charge in [0.25, 0.3) is 0 Å². The lowest BCUT2D eigenvalue weighted by molar-refractivity contribution is -0.136. The second-order valence-electron chi connectivity index (χ2n) is 7.47. The number of amides is 1. The Balaban J connectivity index is 1.89. The van der Waals surface area contributed by atoms with Crippen molar-refractivity contribution in [1.82, 2.24) is 14.5 Å². The summed E-state index contributed by atoms with van der Waals surface area (Å²) in [7, 11) is -3.78. The zero-order valence-electron chi connectivity index (χ0n) is 16.8. The number of rotatable bonds is 5. The molecule has 3 rings (SSSR count). The van der Waals surface area contributed by atoms with Crippen molar-refractivity contribution >= 4 is 38.7 Å². The molecule has 1 amide bonds. The van der Waals surface area contributed by atoms with Gasteiger partial charge in [-0.15, -0.1) is 0 Å². The molecule has 1 aliphatic heterocycles. The number of piperidine rings is 1. The topological polar surface area (TPSA) is 98.3 Å². The highest BCUT2D eigenvalue weighted by atomic mass is 32.2. The number of aromatic nitrogens is 2. The van der Waals surface area contributed by atoms with E-state index in [1.54, 1.807) is 6.07 Å². The summed E-state index contributed by atoms with van der Waals surface area (Å²) in [6.45, 7) is 8.81. The van der Waals surface area contributed by atoms with E-state index in [1.807, 2.05) is 23.3 Å². The lowest BCUT2D eigenvalue weighted by Crippen LogP contribution is -2.50. The smallest absolute Gasteiger partial charge is 0.238 e. The Morgan fingerprint density at radius 2 is 1.96 bits per heavy atom. The number of nitrogens with two attached hydrogens (primary N) is 1. The first-order valence-electron chi connectivity index (χ1n) is 9.65. The van der Waals surface area contributed by atoms with Crippen LogP contribution in [0.25, 0.3) is 11.0 Å². The molecular formula is C19H28N4O3S2. The van der Waals surface area contributed by atoms with E-state index < -0.39 is 10.0 Å². The number of hydrogen-bond acceptors (Lipinski definition) is 5. The molecule has 1 saturated heterocycles. The first-order valence-corrected chi connectivity index (χ1v) is 12.1. The van der Waals surface area contributed by atoms with Gasteiger partial charge in [0.15, 0.2) is 5.16 Å². The summed E-state index contributed by atoms with van der Waals surface area (Å²) in [5.74, 6) is 0.129. The van der Waals surface area contributed by atoms with E-state index in [9.17, 15) is 13.2 Å². The molecule has 0 bridgehead atoms. The second kappa shape index (κ2) is 8.04. The fourth-order valence-electron chi connectivity index (χ4n) is 3.93. The predicted molar refractivity (Wildman–Crippen MR) is 112 cm³/mol. The van der Waals surface area contributed by atoms with E-state index in [2.05, 4.69) is 18.8 Å². The van der Waals surface area contributed by atoms with Gasteiger partial charge in [-0.05, 0) is 65.2 Å². The molecule has 1 fully saturated rings. The minimum absolute atomic E-state index is 0.0393. The van der Waals surface area contributed by atoms with Crippen LogP contribution in [0.3, 0.4) is 0 Å². The SMILES string of the molecule is CCn1c(S[C@H](C)C(=O)N2[C@@H](C)CCC[C@@H]2C)nc2cc(S(N)(=O)=O)ccc21. The van der Waals surface area contributed by atoms with Gasteiger partial charge in [0.1, 0.15) is 0 Å². The molecule has 1 aromatic carbocycles. The van der Waals surface area contributed by atoms with Crippen molar-refractivity contribution in [3.8, 4) is 0 Å². The number of hydrogen-bond donors (Lipinski definition) is 1. The van der Waals surface area contributed by atoms with Crippen LogP contribution in [0, 0.1) is 0 Å². The van der Waals surface area contributed by atoms with Gasteiger partial charge < -0.3 is 9.47 Å². The quantitative estimate of drug-likeness (QED) is 0.744. The fourth-order valence-corrected chi connectivity index (χ4v) is 5.51. The number of imidazole rings is 1. The Morgan fingerprint density at radius 1 is 1.32 bits per heavy atom. The third kappa shape index (κ3) is 4.06. The van der Waals surface area contributed by atoms with Gasteiger partial charge in [-0.2, -0.15) is 0 Å². The fraction of sp³-hybridized carbons (Fsp3) is 0.579. The van der Waals surface area contributed by atoms with Crippen LogP contribution in [0.1, 0.15) is 47.0 Å². The normalized spacial score (nSPS) is 21.8. The number of carbonyl (C=O) groups excluding carboxylic acids is 1. The van der Waals surface area contributed by atoms with Crippen molar-refractivity contribution in [2.24, 2.45) is 5.14 Å². The monoisotopic (exact) mass is 424 g/mol. The molecule has 0 radical (unpaired) electrons. The molecule has 0 unspecified atom stereocenters. The van der Waals surface area contributed by atoms with Crippen molar-refractivity contribution in [3.63, 3.8) is 0 Å². The largest absolute Gasteiger partial charge is 0.336 e. The summed E-state index contributed by atoms with van der Waals surface area (Å²) in [6.07, 6.45) is 3.24. The predicted octanol–water partition coefficient (Wildman–Crippen LogP) is 2.97. The molecule has 1 aromatic heterocycles. The van der Waals surface area contributed by atoms with E-state index in [0.29, 0.717) is 17.2 Å². The van der Waals surface area contributed by atoms with Crippen LogP contribution in [0.5, 0.6) is 0 Å².